The molecule has 1 heterocycles. The lowest BCUT2D eigenvalue weighted by molar-refractivity contribution is -0.130. The van der Waals surface area contributed by atoms with Gasteiger partial charge in [-0.1, -0.05) is 30.3 Å². The Kier molecular flexibility index (Phi) is 4.46. The number of nitrogens with one attached hydrogen (secondary N) is 1. The highest BCUT2D eigenvalue weighted by atomic mass is 19.1. The lowest BCUT2D eigenvalue weighted by atomic mass is 9.92. The number of rotatable bonds is 5. The lowest BCUT2D eigenvalue weighted by Gasteiger charge is -2.22. The van der Waals surface area contributed by atoms with Crippen molar-refractivity contribution in [1.29, 1.82) is 0 Å². The second-order valence-electron chi connectivity index (χ2n) is 6.08. The molecule has 2 aromatic carbocycles. The monoisotopic (exact) mass is 356 g/mol. The molecule has 0 spiro atoms. The van der Waals surface area contributed by atoms with Crippen molar-refractivity contribution >= 4 is 17.7 Å². The number of hydrogen-bond donors (Lipinski definition) is 1. The van der Waals surface area contributed by atoms with Crippen LogP contribution in [0.5, 0.6) is 5.75 Å². The van der Waals surface area contributed by atoms with Crippen LogP contribution in [0.2, 0.25) is 0 Å². The van der Waals surface area contributed by atoms with Crippen molar-refractivity contribution in [3.8, 4) is 5.75 Å². The van der Waals surface area contributed by atoms with Gasteiger partial charge < -0.3 is 10.1 Å². The minimum Gasteiger partial charge on any atom is -0.496 e. The quantitative estimate of drug-likeness (QED) is 0.660. The average Bonchev–Trinajstić information content (AvgIpc) is 2.86. The summed E-state index contributed by atoms with van der Waals surface area (Å²) in [6.07, 6.45) is 0. The molecule has 26 heavy (non-hydrogen) atoms. The molecule has 3 amide bonds. The Balaban J connectivity index is 1.87. The standard InChI is InChI=1S/C19H17FN2O4/c1-19(12-6-4-3-5-7-12)17(24)22(18(25)21-19)11-15(23)14-10-13(20)8-9-16(14)26-2/h3-10H,11H2,1-2H3,(H,21,25)/t19-/m1/s1. The number of benzene rings is 2. The lowest BCUT2D eigenvalue weighted by Crippen LogP contribution is -2.41. The van der Waals surface area contributed by atoms with Gasteiger partial charge in [-0.15, -0.1) is 0 Å². The molecule has 0 aromatic heterocycles. The van der Waals surface area contributed by atoms with Crippen LogP contribution in [0.1, 0.15) is 22.8 Å². The molecule has 1 aliphatic rings. The molecule has 6 nitrogen and oxygen atoms in total. The molecule has 1 atom stereocenters. The molecule has 0 aliphatic carbocycles. The Bertz CT molecular complexity index is 884. The van der Waals surface area contributed by atoms with Crippen molar-refractivity contribution in [2.45, 2.75) is 12.5 Å². The normalized spacial score (nSPS) is 19.4. The van der Waals surface area contributed by atoms with Crippen LogP contribution in [0.4, 0.5) is 9.18 Å². The summed E-state index contributed by atoms with van der Waals surface area (Å²) in [6.45, 7) is 1.07. The summed E-state index contributed by atoms with van der Waals surface area (Å²) in [5.41, 5.74) is -0.678. The molecule has 0 unspecified atom stereocenters. The molecule has 1 N–H and O–H groups in total. The third-order valence-corrected chi connectivity index (χ3v) is 4.39. The summed E-state index contributed by atoms with van der Waals surface area (Å²) in [5, 5.41) is 2.62. The number of methoxy groups -OCH3 is 1. The van der Waals surface area contributed by atoms with Crippen LogP contribution in [0, 0.1) is 5.82 Å². The maximum Gasteiger partial charge on any atom is 0.325 e. The van der Waals surface area contributed by atoms with E-state index in [0.29, 0.717) is 5.56 Å². The SMILES string of the molecule is COc1ccc(F)cc1C(=O)CN1C(=O)N[C@](C)(c2ccccc2)C1=O. The van der Waals surface area contributed by atoms with Crippen LogP contribution in [0.15, 0.2) is 48.5 Å². The Labute approximate surface area is 149 Å². The molecular weight excluding hydrogens is 339 g/mol. The van der Waals surface area contributed by atoms with E-state index in [1.807, 2.05) is 0 Å². The molecule has 3 rings (SSSR count). The topological polar surface area (TPSA) is 75.7 Å². The third-order valence-electron chi connectivity index (χ3n) is 4.39. The van der Waals surface area contributed by atoms with Crippen LogP contribution in [-0.2, 0) is 10.3 Å². The minimum absolute atomic E-state index is 0.0265. The summed E-state index contributed by atoms with van der Waals surface area (Å²) >= 11 is 0. The summed E-state index contributed by atoms with van der Waals surface area (Å²) in [5.74, 6) is -1.57. The summed E-state index contributed by atoms with van der Waals surface area (Å²) in [6, 6.07) is 11.6. The van der Waals surface area contributed by atoms with E-state index in [9.17, 15) is 18.8 Å². The maximum absolute atomic E-state index is 13.5. The Morgan fingerprint density at radius 1 is 1.19 bits per heavy atom. The smallest absolute Gasteiger partial charge is 0.325 e. The van der Waals surface area contributed by atoms with Gasteiger partial charge in [-0.3, -0.25) is 14.5 Å². The van der Waals surface area contributed by atoms with Crippen LogP contribution < -0.4 is 10.1 Å². The zero-order chi connectivity index (χ0) is 18.9. The summed E-state index contributed by atoms with van der Waals surface area (Å²) in [7, 11) is 1.35. The molecule has 0 saturated carbocycles. The first-order chi connectivity index (χ1) is 12.4. The van der Waals surface area contributed by atoms with Crippen molar-refractivity contribution in [1.82, 2.24) is 10.2 Å². The van der Waals surface area contributed by atoms with Gasteiger partial charge in [0.25, 0.3) is 5.91 Å². The van der Waals surface area contributed by atoms with E-state index >= 15 is 0 Å². The molecule has 1 saturated heterocycles. The Morgan fingerprint density at radius 2 is 1.88 bits per heavy atom. The molecule has 134 valence electrons. The van der Waals surface area contributed by atoms with Gasteiger partial charge in [0.1, 0.15) is 17.1 Å². The Hall–Kier alpha value is -3.22. The van der Waals surface area contributed by atoms with E-state index in [4.69, 9.17) is 4.74 Å². The van der Waals surface area contributed by atoms with E-state index in [-0.39, 0.29) is 11.3 Å². The van der Waals surface area contributed by atoms with Crippen molar-refractivity contribution in [3.05, 3.63) is 65.5 Å². The van der Waals surface area contributed by atoms with Gasteiger partial charge in [-0.25, -0.2) is 9.18 Å². The average molecular weight is 356 g/mol. The number of hydrogen-bond acceptors (Lipinski definition) is 4. The first-order valence-electron chi connectivity index (χ1n) is 7.93. The van der Waals surface area contributed by atoms with Gasteiger partial charge in [-0.2, -0.15) is 0 Å². The highest BCUT2D eigenvalue weighted by Crippen LogP contribution is 2.29. The summed E-state index contributed by atoms with van der Waals surface area (Å²) in [4.78, 5) is 38.5. The van der Waals surface area contributed by atoms with Crippen LogP contribution in [-0.4, -0.2) is 36.3 Å². The van der Waals surface area contributed by atoms with Crippen molar-refractivity contribution in [2.75, 3.05) is 13.7 Å². The molecule has 1 fully saturated rings. The number of Topliss-reactive ketones (excluding diaryl/α,β-unsaturated/α-hetero) is 1. The fourth-order valence-corrected chi connectivity index (χ4v) is 2.93. The zero-order valence-electron chi connectivity index (χ0n) is 14.3. The summed E-state index contributed by atoms with van der Waals surface area (Å²) < 4.78 is 18.5. The van der Waals surface area contributed by atoms with E-state index in [1.54, 1.807) is 37.3 Å². The predicted molar refractivity (Wildman–Crippen MR) is 91.3 cm³/mol. The maximum atomic E-state index is 13.5. The van der Waals surface area contributed by atoms with Gasteiger partial charge >= 0.3 is 6.03 Å². The van der Waals surface area contributed by atoms with Gasteiger partial charge in [0, 0.05) is 0 Å². The van der Waals surface area contributed by atoms with Gasteiger partial charge in [0.05, 0.1) is 19.2 Å². The second-order valence-corrected chi connectivity index (χ2v) is 6.08. The van der Waals surface area contributed by atoms with E-state index in [0.717, 1.165) is 17.0 Å². The predicted octanol–water partition coefficient (Wildman–Crippen LogP) is 2.48. The van der Waals surface area contributed by atoms with Gasteiger partial charge in [0.2, 0.25) is 0 Å². The number of urea groups is 1. The molecule has 2 aromatic rings. The van der Waals surface area contributed by atoms with E-state index in [2.05, 4.69) is 5.32 Å². The molecule has 0 radical (unpaired) electrons. The highest BCUT2D eigenvalue weighted by molar-refractivity contribution is 6.11. The number of amides is 3. The van der Waals surface area contributed by atoms with Crippen LogP contribution in [0.25, 0.3) is 0 Å². The number of carbonyl (C=O) groups is 3. The minimum atomic E-state index is -1.26. The van der Waals surface area contributed by atoms with Crippen LogP contribution in [0.3, 0.4) is 0 Å². The molecule has 0 bridgehead atoms. The fourth-order valence-electron chi connectivity index (χ4n) is 2.93. The van der Waals surface area contributed by atoms with Crippen LogP contribution >= 0.6 is 0 Å². The van der Waals surface area contributed by atoms with E-state index in [1.165, 1.54) is 13.2 Å². The molecule has 7 heteroatoms. The largest absolute Gasteiger partial charge is 0.496 e. The number of ether oxygens (including phenoxy) is 1. The van der Waals surface area contributed by atoms with Crippen molar-refractivity contribution in [3.63, 3.8) is 0 Å². The van der Waals surface area contributed by atoms with Crippen molar-refractivity contribution < 1.29 is 23.5 Å². The van der Waals surface area contributed by atoms with Gasteiger partial charge in [0.15, 0.2) is 5.78 Å². The first kappa shape index (κ1) is 17.6. The number of halogens is 1. The highest BCUT2D eigenvalue weighted by Gasteiger charge is 2.49. The second kappa shape index (κ2) is 6.59. The molecule has 1 aliphatic heterocycles. The fraction of sp³-hybridized carbons (Fsp3) is 0.211. The molecular formula is C19H17FN2O4. The van der Waals surface area contributed by atoms with Crippen molar-refractivity contribution in [2.24, 2.45) is 0 Å². The Morgan fingerprint density at radius 3 is 2.54 bits per heavy atom. The number of carbonyl (C=O) groups excluding carboxylic acids is 3. The number of nitrogens with zero attached hydrogens (tertiary/aromatic N) is 1. The number of ketones is 1. The van der Waals surface area contributed by atoms with Gasteiger partial charge in [-0.05, 0) is 30.7 Å². The first-order valence-corrected chi connectivity index (χ1v) is 7.93. The van der Waals surface area contributed by atoms with E-state index < -0.39 is 35.6 Å². The zero-order valence-corrected chi connectivity index (χ0v) is 14.3. The third kappa shape index (κ3) is 2.92. The number of imide groups is 1.